The topological polar surface area (TPSA) is 125 Å². The molecule has 0 fully saturated rings. The summed E-state index contributed by atoms with van der Waals surface area (Å²) in [7, 11) is 1.96. The number of aryl methyl sites for hydroxylation is 2. The van der Waals surface area contributed by atoms with Crippen molar-refractivity contribution in [3.8, 4) is 5.75 Å². The fourth-order valence-electron chi connectivity index (χ4n) is 3.19. The molecule has 0 radical (unpaired) electrons. The summed E-state index contributed by atoms with van der Waals surface area (Å²) in [6.07, 6.45) is 0.944. The number of nitrogens with two attached hydrogens (primary N) is 2. The number of halogens is 1. The van der Waals surface area contributed by atoms with Crippen LogP contribution in [0.1, 0.15) is 64.3 Å². The summed E-state index contributed by atoms with van der Waals surface area (Å²) in [6, 6.07) is 5.98. The summed E-state index contributed by atoms with van der Waals surface area (Å²) >= 11 is 5.87. The second kappa shape index (κ2) is 13.5. The van der Waals surface area contributed by atoms with E-state index in [0.717, 1.165) is 35.6 Å². The van der Waals surface area contributed by atoms with Crippen LogP contribution in [0.25, 0.3) is 11.0 Å². The lowest BCUT2D eigenvalue weighted by Gasteiger charge is -2.07. The van der Waals surface area contributed by atoms with Crippen molar-refractivity contribution in [3.05, 3.63) is 34.9 Å². The monoisotopic (exact) mass is 478 g/mol. The molecule has 0 aliphatic rings. The van der Waals surface area contributed by atoms with Crippen molar-refractivity contribution in [1.29, 1.82) is 0 Å². The Morgan fingerprint density at radius 1 is 1.15 bits per heavy atom. The normalized spacial score (nSPS) is 10.1. The quantitative estimate of drug-likeness (QED) is 0.442. The molecule has 0 spiro atoms. The molecule has 182 valence electrons. The Bertz CT molecular complexity index is 1070. The minimum Gasteiger partial charge on any atom is -0.493 e. The predicted molar refractivity (Wildman–Crippen MR) is 134 cm³/mol. The van der Waals surface area contributed by atoms with Crippen LogP contribution in [0, 0.1) is 0 Å². The van der Waals surface area contributed by atoms with Crippen molar-refractivity contribution in [2.45, 2.75) is 61.1 Å². The second-order valence-corrected chi connectivity index (χ2v) is 6.89. The summed E-state index contributed by atoms with van der Waals surface area (Å²) < 4.78 is 9.92. The number of hydrogen-bond acceptors (Lipinski definition) is 6. The highest BCUT2D eigenvalue weighted by Crippen LogP contribution is 2.22. The van der Waals surface area contributed by atoms with Crippen molar-refractivity contribution >= 4 is 40.2 Å². The van der Waals surface area contributed by atoms with Crippen LogP contribution in [-0.2, 0) is 20.1 Å². The molecule has 0 aliphatic carbocycles. The van der Waals surface area contributed by atoms with Crippen LogP contribution in [0.15, 0.2) is 18.2 Å². The Morgan fingerprint density at radius 3 is 2.42 bits per heavy atom. The molecular formula is C23H37ClN7O2+. The van der Waals surface area contributed by atoms with Gasteiger partial charge >= 0.3 is 0 Å². The number of carbonyl (C=O) groups is 1. The van der Waals surface area contributed by atoms with Gasteiger partial charge in [0.15, 0.2) is 33.5 Å². The number of ether oxygens (including phenoxy) is 1. The fraction of sp³-hybridized carbons (Fsp3) is 0.478. The zero-order chi connectivity index (χ0) is 25.1. The zero-order valence-electron chi connectivity index (χ0n) is 20.7. The molecule has 33 heavy (non-hydrogen) atoms. The van der Waals surface area contributed by atoms with E-state index in [-0.39, 0.29) is 29.0 Å². The summed E-state index contributed by atoms with van der Waals surface area (Å²) in [5.74, 6) is 1.18. The number of hydrogen-bond donors (Lipinski definition) is 3. The lowest BCUT2D eigenvalue weighted by Crippen LogP contribution is -2.38. The molecule has 5 N–H and O–H groups in total. The third-order valence-electron chi connectivity index (χ3n) is 4.61. The smallest absolute Gasteiger partial charge is 0.276 e. The zero-order valence-corrected chi connectivity index (χ0v) is 21.5. The third kappa shape index (κ3) is 6.47. The number of carbonyl (C=O) groups excluding carboxylic acids is 1. The van der Waals surface area contributed by atoms with Crippen molar-refractivity contribution in [1.82, 2.24) is 19.9 Å². The largest absolute Gasteiger partial charge is 0.493 e. The van der Waals surface area contributed by atoms with Gasteiger partial charge in [-0.25, -0.2) is 19.1 Å². The molecule has 9 nitrogen and oxygen atoms in total. The predicted octanol–water partition coefficient (Wildman–Crippen LogP) is 3.86. The number of rotatable bonds is 7. The Hall–Kier alpha value is -3.07. The molecular weight excluding hydrogens is 442 g/mol. The summed E-state index contributed by atoms with van der Waals surface area (Å²) in [5, 5.41) is 2.78. The lowest BCUT2D eigenvalue weighted by molar-refractivity contribution is -0.654. The van der Waals surface area contributed by atoms with Gasteiger partial charge in [-0.05, 0) is 25.5 Å². The molecule has 0 aliphatic heterocycles. The maximum atomic E-state index is 12.6. The first-order chi connectivity index (χ1) is 15.9. The van der Waals surface area contributed by atoms with Gasteiger partial charge in [-0.2, -0.15) is 0 Å². The highest BCUT2D eigenvalue weighted by atomic mass is 35.5. The van der Waals surface area contributed by atoms with Crippen LogP contribution in [0.3, 0.4) is 0 Å². The number of anilines is 2. The van der Waals surface area contributed by atoms with Crippen LogP contribution >= 0.6 is 11.6 Å². The molecule has 3 aromatic rings. The van der Waals surface area contributed by atoms with Crippen molar-refractivity contribution < 1.29 is 14.1 Å². The van der Waals surface area contributed by atoms with Gasteiger partial charge in [-0.1, -0.05) is 46.2 Å². The van der Waals surface area contributed by atoms with E-state index >= 15 is 0 Å². The van der Waals surface area contributed by atoms with E-state index in [0.29, 0.717) is 6.61 Å². The summed E-state index contributed by atoms with van der Waals surface area (Å²) in [5.41, 5.74) is 13.3. The maximum Gasteiger partial charge on any atom is 0.276 e. The Labute approximate surface area is 201 Å². The molecule has 0 bridgehead atoms. The van der Waals surface area contributed by atoms with Gasteiger partial charge < -0.3 is 21.5 Å². The Morgan fingerprint density at radius 2 is 1.82 bits per heavy atom. The van der Waals surface area contributed by atoms with Crippen LogP contribution in [0.2, 0.25) is 5.15 Å². The van der Waals surface area contributed by atoms with E-state index < -0.39 is 5.91 Å². The summed E-state index contributed by atoms with van der Waals surface area (Å²) in [4.78, 5) is 20.4. The number of nitrogen functional groups attached to an aromatic ring is 2. The third-order valence-corrected chi connectivity index (χ3v) is 4.89. The molecule has 1 amide bonds. The van der Waals surface area contributed by atoms with E-state index in [1.165, 1.54) is 0 Å². The van der Waals surface area contributed by atoms with Gasteiger partial charge in [-0.15, -0.1) is 0 Å². The van der Waals surface area contributed by atoms with Crippen molar-refractivity contribution in [3.63, 3.8) is 0 Å². The standard InChI is InChI=1S/C19H24ClN7O2.2C2H6/c1-4-8-29-11-6-7-12-13(9-11)27(5-2)14(26(12)3)10-23-19(28)15-17(21)25-18(22)16(20)24-15;2*1-2/h6-7,9H,4-5,8,10H2,1-3H3,(H4-,21,22,23,25,28);2*1-2H3/p+1. The van der Waals surface area contributed by atoms with Crippen LogP contribution in [-0.4, -0.2) is 27.0 Å². The Balaban J connectivity index is 0.00000129. The number of nitrogens with one attached hydrogen (secondary N) is 1. The van der Waals surface area contributed by atoms with Gasteiger partial charge in [0.1, 0.15) is 12.3 Å². The number of amides is 1. The number of fused-ring (bicyclic) bond motifs is 1. The maximum absolute atomic E-state index is 12.6. The molecule has 0 atom stereocenters. The van der Waals surface area contributed by atoms with Crippen LogP contribution in [0.4, 0.5) is 11.6 Å². The van der Waals surface area contributed by atoms with E-state index in [1.54, 1.807) is 0 Å². The molecule has 0 saturated carbocycles. The summed E-state index contributed by atoms with van der Waals surface area (Å²) in [6.45, 7) is 13.8. The van der Waals surface area contributed by atoms with Gasteiger partial charge in [-0.3, -0.25) is 4.79 Å². The SMILES string of the molecule is CC.CC.CCCOc1ccc2c(c1)n(CC)c(CNC(=O)c1nc(Cl)c(N)nc1N)[n+]2C. The molecule has 0 unspecified atom stereocenters. The molecule has 0 saturated heterocycles. The highest BCUT2D eigenvalue weighted by molar-refractivity contribution is 6.31. The number of nitrogens with zero attached hydrogens (tertiary/aromatic N) is 4. The second-order valence-electron chi connectivity index (χ2n) is 6.53. The van der Waals surface area contributed by atoms with E-state index in [1.807, 2.05) is 64.4 Å². The number of imidazole rings is 1. The molecule has 3 rings (SSSR count). The van der Waals surface area contributed by atoms with E-state index in [2.05, 4.69) is 26.8 Å². The van der Waals surface area contributed by atoms with Gasteiger partial charge in [0, 0.05) is 6.07 Å². The van der Waals surface area contributed by atoms with Crippen LogP contribution in [0.5, 0.6) is 5.75 Å². The Kier molecular flexibility index (Phi) is 11.4. The van der Waals surface area contributed by atoms with Gasteiger partial charge in [0.25, 0.3) is 11.7 Å². The van der Waals surface area contributed by atoms with Crippen molar-refractivity contribution in [2.24, 2.45) is 7.05 Å². The number of aromatic nitrogens is 4. The molecule has 2 heterocycles. The average Bonchev–Trinajstić information content (AvgIpc) is 3.11. The highest BCUT2D eigenvalue weighted by Gasteiger charge is 2.24. The first-order valence-corrected chi connectivity index (χ1v) is 11.8. The minimum absolute atomic E-state index is 0.0145. The van der Waals surface area contributed by atoms with Gasteiger partial charge in [0.2, 0.25) is 0 Å². The van der Waals surface area contributed by atoms with Crippen LogP contribution < -0.4 is 26.1 Å². The fourth-order valence-corrected chi connectivity index (χ4v) is 3.32. The molecule has 2 aromatic heterocycles. The first kappa shape index (κ1) is 28.0. The lowest BCUT2D eigenvalue weighted by atomic mass is 10.3. The van der Waals surface area contributed by atoms with Crippen molar-refractivity contribution in [2.75, 3.05) is 18.1 Å². The molecule has 1 aromatic carbocycles. The number of benzene rings is 1. The molecule has 10 heteroatoms. The van der Waals surface area contributed by atoms with E-state index in [9.17, 15) is 4.79 Å². The van der Waals surface area contributed by atoms with Gasteiger partial charge in [0.05, 0.1) is 20.2 Å². The minimum atomic E-state index is -0.475. The van der Waals surface area contributed by atoms with E-state index in [4.69, 9.17) is 27.8 Å². The first-order valence-electron chi connectivity index (χ1n) is 11.4. The average molecular weight is 479 g/mol.